The second kappa shape index (κ2) is 13.1. The third-order valence-corrected chi connectivity index (χ3v) is 4.79. The van der Waals surface area contributed by atoms with Crippen molar-refractivity contribution in [3.05, 3.63) is 106 Å². The van der Waals surface area contributed by atoms with Gasteiger partial charge in [-0.05, 0) is 46.5 Å². The number of ether oxygens (including phenoxy) is 1. The number of terminal acetylenes is 2. The van der Waals surface area contributed by atoms with E-state index >= 15 is 0 Å². The monoisotopic (exact) mass is 409 g/mol. The summed E-state index contributed by atoms with van der Waals surface area (Å²) in [7, 11) is 1.71. The van der Waals surface area contributed by atoms with Crippen LogP contribution in [0.3, 0.4) is 0 Å². The Bertz CT molecular complexity index is 928. The molecule has 3 aromatic carbocycles. The van der Waals surface area contributed by atoms with Crippen LogP contribution in [0, 0.1) is 24.7 Å². The summed E-state index contributed by atoms with van der Waals surface area (Å²) in [6, 6.07) is 25.0. The highest BCUT2D eigenvalue weighted by Gasteiger charge is 2.09. The molecule has 0 amide bonds. The molecule has 3 aromatic rings. The van der Waals surface area contributed by atoms with Gasteiger partial charge in [-0.2, -0.15) is 0 Å². The molecule has 0 aliphatic heterocycles. The molecule has 2 nitrogen and oxygen atoms in total. The molecule has 0 aromatic heterocycles. The molecule has 158 valence electrons. The maximum absolute atomic E-state index is 5.48. The lowest BCUT2D eigenvalue weighted by Crippen LogP contribution is -2.22. The highest BCUT2D eigenvalue weighted by molar-refractivity contribution is 5.35. The number of methoxy groups -OCH3 is 1. The molecular weight excluding hydrogens is 378 g/mol. The second-order valence-corrected chi connectivity index (χ2v) is 7.08. The van der Waals surface area contributed by atoms with Gasteiger partial charge in [-0.3, -0.25) is 4.90 Å². The Morgan fingerprint density at radius 2 is 0.935 bits per heavy atom. The van der Waals surface area contributed by atoms with Gasteiger partial charge in [0.05, 0.1) is 6.61 Å². The molecule has 0 atom stereocenters. The van der Waals surface area contributed by atoms with E-state index in [1.54, 1.807) is 7.11 Å². The zero-order chi connectivity index (χ0) is 22.5. The predicted molar refractivity (Wildman–Crippen MR) is 130 cm³/mol. The summed E-state index contributed by atoms with van der Waals surface area (Å²) < 4.78 is 5.21. The van der Waals surface area contributed by atoms with Crippen molar-refractivity contribution < 1.29 is 4.74 Å². The van der Waals surface area contributed by atoms with Crippen LogP contribution in [0.1, 0.15) is 47.2 Å². The Hall–Kier alpha value is -3.30. The topological polar surface area (TPSA) is 12.5 Å². The fraction of sp³-hybridized carbons (Fsp3) is 0.241. The molecule has 0 saturated heterocycles. The van der Waals surface area contributed by atoms with E-state index in [0.717, 1.165) is 30.8 Å². The third-order valence-electron chi connectivity index (χ3n) is 4.79. The first kappa shape index (κ1) is 24.0. The van der Waals surface area contributed by atoms with Gasteiger partial charge in [0.15, 0.2) is 0 Å². The Labute approximate surface area is 187 Å². The number of hydrogen-bond acceptors (Lipinski definition) is 2. The van der Waals surface area contributed by atoms with E-state index in [9.17, 15) is 0 Å². The average Bonchev–Trinajstić information content (AvgIpc) is 2.83. The zero-order valence-electron chi connectivity index (χ0n) is 18.8. The van der Waals surface area contributed by atoms with E-state index in [1.807, 2.05) is 38.1 Å². The summed E-state index contributed by atoms with van der Waals surface area (Å²) in [5.74, 6) is 5.35. The molecule has 0 heterocycles. The number of hydrogen-bond donors (Lipinski definition) is 0. The van der Waals surface area contributed by atoms with Crippen LogP contribution in [0.2, 0.25) is 0 Å². The fourth-order valence-electron chi connectivity index (χ4n) is 3.26. The van der Waals surface area contributed by atoms with Crippen molar-refractivity contribution in [1.82, 2.24) is 4.90 Å². The highest BCUT2D eigenvalue weighted by Crippen LogP contribution is 2.16. The Morgan fingerprint density at radius 1 is 0.613 bits per heavy atom. The predicted octanol–water partition coefficient (Wildman–Crippen LogP) is 6.02. The number of benzene rings is 3. The Morgan fingerprint density at radius 3 is 1.26 bits per heavy atom. The summed E-state index contributed by atoms with van der Waals surface area (Å²) in [5.41, 5.74) is 6.72. The van der Waals surface area contributed by atoms with Crippen molar-refractivity contribution >= 4 is 0 Å². The quantitative estimate of drug-likeness (QED) is 0.422. The van der Waals surface area contributed by atoms with Gasteiger partial charge >= 0.3 is 0 Å². The van der Waals surface area contributed by atoms with Crippen molar-refractivity contribution in [3.8, 4) is 24.7 Å². The van der Waals surface area contributed by atoms with E-state index in [4.69, 9.17) is 17.6 Å². The van der Waals surface area contributed by atoms with Gasteiger partial charge in [-0.25, -0.2) is 0 Å². The van der Waals surface area contributed by atoms with Crippen molar-refractivity contribution in [2.45, 2.75) is 40.1 Å². The minimum atomic E-state index is 0.632. The lowest BCUT2D eigenvalue weighted by molar-refractivity contribution is 0.185. The molecule has 0 fully saturated rings. The lowest BCUT2D eigenvalue weighted by atomic mass is 10.1. The highest BCUT2D eigenvalue weighted by atomic mass is 16.5. The van der Waals surface area contributed by atoms with Crippen molar-refractivity contribution in [3.63, 3.8) is 0 Å². The van der Waals surface area contributed by atoms with Gasteiger partial charge in [-0.15, -0.1) is 12.8 Å². The minimum Gasteiger partial charge on any atom is -0.380 e. The molecule has 0 N–H and O–H groups in total. The molecule has 31 heavy (non-hydrogen) atoms. The van der Waals surface area contributed by atoms with Crippen LogP contribution >= 0.6 is 0 Å². The van der Waals surface area contributed by atoms with E-state index in [2.05, 4.69) is 65.3 Å². The Kier molecular flexibility index (Phi) is 10.1. The SMILES string of the molecule is C#Cc1ccc(CN(Cc2ccc(C#C)cc2)Cc2ccc(COC)cc2)cc1.CC. The van der Waals surface area contributed by atoms with Crippen LogP contribution < -0.4 is 0 Å². The van der Waals surface area contributed by atoms with Crippen molar-refractivity contribution in [1.29, 1.82) is 0 Å². The standard InChI is InChI=1S/C27H25NO.C2H6/c1-4-22-6-10-24(11-7-22)18-28(19-25-12-8-23(5-2)9-13-25)20-26-14-16-27(17-15-26)21-29-3;1-2/h1-2,6-17H,18-21H2,3H3;1-2H3. The van der Waals surface area contributed by atoms with Gasteiger partial charge in [0, 0.05) is 37.9 Å². The molecule has 0 aliphatic rings. The maximum atomic E-state index is 5.48. The first-order valence-electron chi connectivity index (χ1n) is 10.6. The summed E-state index contributed by atoms with van der Waals surface area (Å²) in [5, 5.41) is 0. The second-order valence-electron chi connectivity index (χ2n) is 7.08. The molecule has 0 spiro atoms. The van der Waals surface area contributed by atoms with E-state index in [-0.39, 0.29) is 0 Å². The van der Waals surface area contributed by atoms with Gasteiger partial charge < -0.3 is 4.74 Å². The fourth-order valence-corrected chi connectivity index (χ4v) is 3.26. The average molecular weight is 410 g/mol. The normalized spacial score (nSPS) is 10.0. The largest absolute Gasteiger partial charge is 0.380 e. The zero-order valence-corrected chi connectivity index (χ0v) is 18.8. The summed E-state index contributed by atoms with van der Waals surface area (Å²) in [6.45, 7) is 7.15. The number of rotatable bonds is 8. The molecule has 0 saturated carbocycles. The van der Waals surface area contributed by atoms with Gasteiger partial charge in [0.25, 0.3) is 0 Å². The molecule has 0 aliphatic carbocycles. The molecular formula is C29H31NO. The van der Waals surface area contributed by atoms with Gasteiger partial charge in [0.2, 0.25) is 0 Å². The summed E-state index contributed by atoms with van der Waals surface area (Å²) in [4.78, 5) is 2.42. The molecule has 0 radical (unpaired) electrons. The lowest BCUT2D eigenvalue weighted by Gasteiger charge is -2.23. The minimum absolute atomic E-state index is 0.632. The third kappa shape index (κ3) is 7.80. The number of nitrogens with zero attached hydrogens (tertiary/aromatic N) is 1. The molecule has 0 unspecified atom stereocenters. The van der Waals surface area contributed by atoms with Crippen LogP contribution in [-0.4, -0.2) is 12.0 Å². The van der Waals surface area contributed by atoms with Crippen LogP contribution in [0.4, 0.5) is 0 Å². The van der Waals surface area contributed by atoms with Crippen LogP contribution in [-0.2, 0) is 31.0 Å². The van der Waals surface area contributed by atoms with E-state index in [1.165, 1.54) is 22.3 Å². The first-order valence-corrected chi connectivity index (χ1v) is 10.6. The summed E-state index contributed by atoms with van der Waals surface area (Å²) in [6.07, 6.45) is 11.0. The maximum Gasteiger partial charge on any atom is 0.0713 e. The molecule has 2 heteroatoms. The smallest absolute Gasteiger partial charge is 0.0713 e. The van der Waals surface area contributed by atoms with Crippen molar-refractivity contribution in [2.24, 2.45) is 0 Å². The van der Waals surface area contributed by atoms with Gasteiger partial charge in [-0.1, -0.05) is 74.2 Å². The van der Waals surface area contributed by atoms with E-state index < -0.39 is 0 Å². The van der Waals surface area contributed by atoms with Gasteiger partial charge in [0.1, 0.15) is 0 Å². The van der Waals surface area contributed by atoms with Crippen molar-refractivity contribution in [2.75, 3.05) is 7.11 Å². The van der Waals surface area contributed by atoms with E-state index in [0.29, 0.717) is 6.61 Å². The Balaban J connectivity index is 0.00000166. The summed E-state index contributed by atoms with van der Waals surface area (Å²) >= 11 is 0. The van der Waals surface area contributed by atoms with Crippen LogP contribution in [0.15, 0.2) is 72.8 Å². The molecule has 0 bridgehead atoms. The van der Waals surface area contributed by atoms with Crippen LogP contribution in [0.25, 0.3) is 0 Å². The van der Waals surface area contributed by atoms with Crippen LogP contribution in [0.5, 0.6) is 0 Å². The molecule has 3 rings (SSSR count). The first-order chi connectivity index (χ1) is 15.2.